The molecule has 0 spiro atoms. The highest BCUT2D eigenvalue weighted by Crippen LogP contribution is 2.37. The average Bonchev–Trinajstić information content (AvgIpc) is 2.60. The van der Waals surface area contributed by atoms with Crippen molar-refractivity contribution in [3.8, 4) is 11.5 Å². The van der Waals surface area contributed by atoms with Crippen molar-refractivity contribution in [2.24, 2.45) is 0 Å². The zero-order chi connectivity index (χ0) is 10.8. The number of phenolic OH excluding ortho intramolecular Hbond substituents is 1. The maximum Gasteiger partial charge on any atom is 0.306 e. The van der Waals surface area contributed by atoms with E-state index in [1.54, 1.807) is 18.2 Å². The average molecular weight is 208 g/mol. The normalized spacial score (nSPS) is 18.1. The number of carbonyl (C=O) groups is 1. The first kappa shape index (κ1) is 9.83. The molecule has 4 heteroatoms. The summed E-state index contributed by atoms with van der Waals surface area (Å²) in [5, 5.41) is 9.24. The Kier molecular flexibility index (Phi) is 2.49. The van der Waals surface area contributed by atoms with E-state index in [0.29, 0.717) is 18.8 Å². The topological polar surface area (TPSA) is 55.8 Å². The zero-order valence-electron chi connectivity index (χ0n) is 8.40. The third-order valence-corrected chi connectivity index (χ3v) is 2.52. The number of hydrogen-bond acceptors (Lipinski definition) is 4. The van der Waals surface area contributed by atoms with E-state index in [9.17, 15) is 9.90 Å². The molecule has 1 aliphatic rings. The summed E-state index contributed by atoms with van der Waals surface area (Å²) >= 11 is 0. The van der Waals surface area contributed by atoms with Crippen molar-refractivity contribution in [1.29, 1.82) is 0 Å². The van der Waals surface area contributed by atoms with E-state index in [1.165, 1.54) is 7.11 Å². The van der Waals surface area contributed by atoms with Crippen LogP contribution in [0.3, 0.4) is 0 Å². The molecular formula is C11H12O4. The molecule has 4 nitrogen and oxygen atoms in total. The molecule has 1 N–H and O–H groups in total. The summed E-state index contributed by atoms with van der Waals surface area (Å²) < 4.78 is 9.98. The van der Waals surface area contributed by atoms with Gasteiger partial charge >= 0.3 is 5.97 Å². The Morgan fingerprint density at radius 1 is 1.67 bits per heavy atom. The van der Waals surface area contributed by atoms with Gasteiger partial charge in [-0.05, 0) is 6.07 Å². The quantitative estimate of drug-likeness (QED) is 0.747. The van der Waals surface area contributed by atoms with Crippen molar-refractivity contribution in [2.45, 2.75) is 12.3 Å². The predicted octanol–water partition coefficient (Wildman–Crippen LogP) is 1.43. The second kappa shape index (κ2) is 3.81. The molecule has 0 aliphatic carbocycles. The van der Waals surface area contributed by atoms with Gasteiger partial charge in [0.05, 0.1) is 20.1 Å². The van der Waals surface area contributed by atoms with E-state index in [1.807, 2.05) is 0 Å². The van der Waals surface area contributed by atoms with Gasteiger partial charge in [-0.3, -0.25) is 4.79 Å². The number of methoxy groups -OCH3 is 1. The lowest BCUT2D eigenvalue weighted by molar-refractivity contribution is -0.141. The van der Waals surface area contributed by atoms with Crippen molar-refractivity contribution in [3.63, 3.8) is 0 Å². The maximum absolute atomic E-state index is 11.1. The molecule has 0 radical (unpaired) electrons. The summed E-state index contributed by atoms with van der Waals surface area (Å²) in [6.45, 7) is 0.466. The van der Waals surface area contributed by atoms with Gasteiger partial charge in [-0.15, -0.1) is 0 Å². The number of rotatable bonds is 2. The Morgan fingerprint density at radius 2 is 2.47 bits per heavy atom. The molecule has 80 valence electrons. The van der Waals surface area contributed by atoms with Crippen LogP contribution in [0.2, 0.25) is 0 Å². The third kappa shape index (κ3) is 1.88. The molecule has 0 saturated carbocycles. The second-order valence-corrected chi connectivity index (χ2v) is 3.51. The van der Waals surface area contributed by atoms with E-state index < -0.39 is 0 Å². The van der Waals surface area contributed by atoms with Crippen LogP contribution in [-0.4, -0.2) is 24.8 Å². The summed E-state index contributed by atoms with van der Waals surface area (Å²) in [7, 11) is 1.37. The third-order valence-electron chi connectivity index (χ3n) is 2.52. The minimum atomic E-state index is -0.246. The number of fused-ring (bicyclic) bond motifs is 1. The van der Waals surface area contributed by atoms with Gasteiger partial charge in [0.1, 0.15) is 11.5 Å². The van der Waals surface area contributed by atoms with E-state index in [4.69, 9.17) is 4.74 Å². The molecule has 0 amide bonds. The van der Waals surface area contributed by atoms with Crippen molar-refractivity contribution in [1.82, 2.24) is 0 Å². The first-order valence-electron chi connectivity index (χ1n) is 4.73. The lowest BCUT2D eigenvalue weighted by Crippen LogP contribution is -2.09. The molecule has 1 aromatic rings. The minimum absolute atomic E-state index is 0.0352. The zero-order valence-corrected chi connectivity index (χ0v) is 8.40. The molecule has 1 aromatic carbocycles. The molecular weight excluding hydrogens is 196 g/mol. The number of benzene rings is 1. The summed E-state index contributed by atoms with van der Waals surface area (Å²) in [4.78, 5) is 11.1. The van der Waals surface area contributed by atoms with Crippen molar-refractivity contribution in [2.75, 3.05) is 13.7 Å². The minimum Gasteiger partial charge on any atom is -0.508 e. The maximum atomic E-state index is 11.1. The van der Waals surface area contributed by atoms with Gasteiger partial charge in [-0.25, -0.2) is 0 Å². The molecule has 0 bridgehead atoms. The predicted molar refractivity (Wildman–Crippen MR) is 53.0 cm³/mol. The van der Waals surface area contributed by atoms with Gasteiger partial charge in [0, 0.05) is 17.5 Å². The molecule has 0 aromatic heterocycles. The number of carbonyl (C=O) groups excluding carboxylic acids is 1. The Bertz CT molecular complexity index is 386. The van der Waals surface area contributed by atoms with E-state index in [2.05, 4.69) is 4.74 Å². The van der Waals surface area contributed by atoms with Crippen LogP contribution in [0.4, 0.5) is 0 Å². The van der Waals surface area contributed by atoms with Crippen LogP contribution >= 0.6 is 0 Å². The molecule has 0 saturated heterocycles. The fourth-order valence-electron chi connectivity index (χ4n) is 1.72. The van der Waals surface area contributed by atoms with Crippen LogP contribution in [-0.2, 0) is 9.53 Å². The van der Waals surface area contributed by atoms with Gasteiger partial charge in [0.25, 0.3) is 0 Å². The molecule has 0 fully saturated rings. The lowest BCUT2D eigenvalue weighted by atomic mass is 9.98. The molecule has 0 unspecified atom stereocenters. The van der Waals surface area contributed by atoms with Gasteiger partial charge in [-0.1, -0.05) is 6.07 Å². The number of hydrogen-bond donors (Lipinski definition) is 1. The molecule has 15 heavy (non-hydrogen) atoms. The van der Waals surface area contributed by atoms with Gasteiger partial charge < -0.3 is 14.6 Å². The summed E-state index contributed by atoms with van der Waals surface area (Å²) in [6.07, 6.45) is 0.314. The van der Waals surface area contributed by atoms with Crippen LogP contribution in [0.25, 0.3) is 0 Å². The number of ether oxygens (including phenoxy) is 2. The summed E-state index contributed by atoms with van der Waals surface area (Å²) in [5.74, 6) is 0.619. The SMILES string of the molecule is COC(=O)C[C@H]1COc2cc(O)ccc21. The molecule has 1 heterocycles. The molecule has 1 atom stereocenters. The van der Waals surface area contributed by atoms with Crippen LogP contribution in [0.15, 0.2) is 18.2 Å². The van der Waals surface area contributed by atoms with Crippen molar-refractivity contribution < 1.29 is 19.4 Å². The largest absolute Gasteiger partial charge is 0.508 e. The van der Waals surface area contributed by atoms with Crippen molar-refractivity contribution in [3.05, 3.63) is 23.8 Å². The van der Waals surface area contributed by atoms with Gasteiger partial charge in [0.2, 0.25) is 0 Å². The van der Waals surface area contributed by atoms with Crippen LogP contribution in [0.1, 0.15) is 17.9 Å². The Morgan fingerprint density at radius 3 is 3.20 bits per heavy atom. The van der Waals surface area contributed by atoms with Gasteiger partial charge in [0.15, 0.2) is 0 Å². The highest BCUT2D eigenvalue weighted by Gasteiger charge is 2.26. The first-order valence-corrected chi connectivity index (χ1v) is 4.73. The summed E-state index contributed by atoms with van der Waals surface area (Å²) in [5.41, 5.74) is 0.957. The van der Waals surface area contributed by atoms with Crippen LogP contribution in [0.5, 0.6) is 11.5 Å². The monoisotopic (exact) mass is 208 g/mol. The standard InChI is InChI=1S/C11H12O4/c1-14-11(13)4-7-6-15-10-5-8(12)2-3-9(7)10/h2-3,5,7,12H,4,6H2,1H3/t7-/m0/s1. The Balaban J connectivity index is 2.18. The highest BCUT2D eigenvalue weighted by atomic mass is 16.5. The molecule has 2 rings (SSSR count). The van der Waals surface area contributed by atoms with Gasteiger partial charge in [-0.2, -0.15) is 0 Å². The Labute approximate surface area is 87.4 Å². The fraction of sp³-hybridized carbons (Fsp3) is 0.364. The Hall–Kier alpha value is -1.71. The number of aromatic hydroxyl groups is 1. The van der Waals surface area contributed by atoms with Crippen molar-refractivity contribution >= 4 is 5.97 Å². The first-order chi connectivity index (χ1) is 7.20. The second-order valence-electron chi connectivity index (χ2n) is 3.51. The summed E-state index contributed by atoms with van der Waals surface area (Å²) in [6, 6.07) is 4.94. The number of phenols is 1. The smallest absolute Gasteiger partial charge is 0.306 e. The van der Waals surface area contributed by atoms with E-state index >= 15 is 0 Å². The van der Waals surface area contributed by atoms with Crippen LogP contribution < -0.4 is 4.74 Å². The highest BCUT2D eigenvalue weighted by molar-refractivity contribution is 5.71. The van der Waals surface area contributed by atoms with E-state index in [-0.39, 0.29) is 17.6 Å². The molecule has 1 aliphatic heterocycles. The van der Waals surface area contributed by atoms with Crippen LogP contribution in [0, 0.1) is 0 Å². The van der Waals surface area contributed by atoms with E-state index in [0.717, 1.165) is 5.56 Å². The lowest BCUT2D eigenvalue weighted by Gasteiger charge is -2.06. The fourth-order valence-corrected chi connectivity index (χ4v) is 1.72. The number of esters is 1.